The molecule has 3 atom stereocenters. The third kappa shape index (κ3) is 2.19. The van der Waals surface area contributed by atoms with Crippen LogP contribution in [0.25, 0.3) is 0 Å². The summed E-state index contributed by atoms with van der Waals surface area (Å²) in [6, 6.07) is 1.15. The number of hydrogen-bond acceptors (Lipinski definition) is 3. The molecule has 0 amide bonds. The number of aromatic nitrogens is 2. The van der Waals surface area contributed by atoms with Crippen molar-refractivity contribution in [3.63, 3.8) is 0 Å². The predicted octanol–water partition coefficient (Wildman–Crippen LogP) is 1.82. The molecule has 1 aromatic heterocycles. The van der Waals surface area contributed by atoms with Crippen molar-refractivity contribution in [3.05, 3.63) is 18.2 Å². The van der Waals surface area contributed by atoms with E-state index in [0.717, 1.165) is 6.54 Å². The molecule has 3 heterocycles. The molecule has 0 bridgehead atoms. The summed E-state index contributed by atoms with van der Waals surface area (Å²) in [7, 11) is 2.22. The minimum Gasteiger partial charge on any atom is -0.330 e. The maximum atomic E-state index is 4.40. The number of piperidine rings is 1. The van der Waals surface area contributed by atoms with Crippen molar-refractivity contribution in [1.29, 1.82) is 0 Å². The number of likely N-dealkylation sites (tertiary alicyclic amines) is 1. The molecule has 0 saturated carbocycles. The van der Waals surface area contributed by atoms with Gasteiger partial charge >= 0.3 is 0 Å². The average molecular weight is 248 g/mol. The van der Waals surface area contributed by atoms with Gasteiger partial charge in [0, 0.05) is 24.8 Å². The Hall–Kier alpha value is -0.870. The Morgan fingerprint density at radius 3 is 3.00 bits per heavy atom. The minimum atomic E-state index is 0.527. The van der Waals surface area contributed by atoms with Crippen molar-refractivity contribution in [2.24, 2.45) is 5.92 Å². The van der Waals surface area contributed by atoms with E-state index < -0.39 is 0 Å². The van der Waals surface area contributed by atoms with Crippen LogP contribution >= 0.6 is 0 Å². The lowest BCUT2D eigenvalue weighted by molar-refractivity contribution is 0.156. The summed E-state index contributed by atoms with van der Waals surface area (Å²) in [6.45, 7) is 5.91. The zero-order chi connectivity index (χ0) is 12.5. The Labute approximate surface area is 109 Å². The lowest BCUT2D eigenvalue weighted by Crippen LogP contribution is -2.38. The molecule has 2 aliphatic heterocycles. The van der Waals surface area contributed by atoms with Crippen molar-refractivity contribution >= 4 is 0 Å². The summed E-state index contributed by atoms with van der Waals surface area (Å²) in [5, 5.41) is 3.59. The number of nitrogens with one attached hydrogen (secondary N) is 1. The first-order chi connectivity index (χ1) is 8.75. The van der Waals surface area contributed by atoms with Crippen LogP contribution in [0.2, 0.25) is 0 Å². The van der Waals surface area contributed by atoms with Crippen LogP contribution < -0.4 is 5.32 Å². The standard InChI is InChI=1S/C14H24N4/c1-11-9-17(2)7-5-13(11)18-10-15-8-14(18)12-4-3-6-16-12/h8,10-13,16H,3-7,9H2,1-2H3/t11?,12-,13?/m0/s1. The molecule has 100 valence electrons. The van der Waals surface area contributed by atoms with E-state index in [-0.39, 0.29) is 0 Å². The van der Waals surface area contributed by atoms with Crippen LogP contribution in [-0.4, -0.2) is 41.1 Å². The summed E-state index contributed by atoms with van der Waals surface area (Å²) in [6.07, 6.45) is 7.90. The molecular formula is C14H24N4. The highest BCUT2D eigenvalue weighted by atomic mass is 15.2. The summed E-state index contributed by atoms with van der Waals surface area (Å²) in [5.74, 6) is 0.707. The van der Waals surface area contributed by atoms with E-state index in [1.54, 1.807) is 0 Å². The van der Waals surface area contributed by atoms with Crippen molar-refractivity contribution < 1.29 is 0 Å². The maximum absolute atomic E-state index is 4.40. The minimum absolute atomic E-state index is 0.527. The van der Waals surface area contributed by atoms with Gasteiger partial charge in [-0.1, -0.05) is 6.92 Å². The fourth-order valence-corrected chi connectivity index (χ4v) is 3.55. The van der Waals surface area contributed by atoms with Gasteiger partial charge in [0.25, 0.3) is 0 Å². The molecule has 2 aliphatic rings. The summed E-state index contributed by atoms with van der Waals surface area (Å²) in [5.41, 5.74) is 1.40. The van der Waals surface area contributed by atoms with Crippen LogP contribution in [0, 0.1) is 5.92 Å². The van der Waals surface area contributed by atoms with Gasteiger partial charge in [-0.05, 0) is 45.3 Å². The molecule has 18 heavy (non-hydrogen) atoms. The molecule has 1 N–H and O–H groups in total. The van der Waals surface area contributed by atoms with Crippen LogP contribution in [0.5, 0.6) is 0 Å². The van der Waals surface area contributed by atoms with Gasteiger partial charge in [-0.2, -0.15) is 0 Å². The summed E-state index contributed by atoms with van der Waals surface area (Å²) in [4.78, 5) is 6.84. The van der Waals surface area contributed by atoms with E-state index in [9.17, 15) is 0 Å². The van der Waals surface area contributed by atoms with E-state index in [0.29, 0.717) is 18.0 Å². The third-order valence-electron chi connectivity index (χ3n) is 4.53. The largest absolute Gasteiger partial charge is 0.330 e. The van der Waals surface area contributed by atoms with E-state index >= 15 is 0 Å². The Morgan fingerprint density at radius 1 is 1.39 bits per heavy atom. The molecule has 2 saturated heterocycles. The second-order valence-corrected chi connectivity index (χ2v) is 5.97. The third-order valence-corrected chi connectivity index (χ3v) is 4.53. The summed E-state index contributed by atoms with van der Waals surface area (Å²) >= 11 is 0. The van der Waals surface area contributed by atoms with E-state index in [1.165, 1.54) is 38.0 Å². The van der Waals surface area contributed by atoms with Crippen molar-refractivity contribution in [2.75, 3.05) is 26.7 Å². The first kappa shape index (κ1) is 12.2. The van der Waals surface area contributed by atoms with Crippen LogP contribution in [0.4, 0.5) is 0 Å². The van der Waals surface area contributed by atoms with Gasteiger partial charge in [0.2, 0.25) is 0 Å². The molecule has 0 aromatic carbocycles. The quantitative estimate of drug-likeness (QED) is 0.866. The second kappa shape index (κ2) is 5.02. The van der Waals surface area contributed by atoms with Gasteiger partial charge in [-0.3, -0.25) is 0 Å². The molecule has 0 aliphatic carbocycles. The zero-order valence-corrected chi connectivity index (χ0v) is 11.5. The zero-order valence-electron chi connectivity index (χ0n) is 11.5. The number of hydrogen-bond donors (Lipinski definition) is 1. The highest BCUT2D eigenvalue weighted by Gasteiger charge is 2.29. The Kier molecular flexibility index (Phi) is 3.39. The average Bonchev–Trinajstić information content (AvgIpc) is 2.98. The van der Waals surface area contributed by atoms with Crippen LogP contribution in [0.15, 0.2) is 12.5 Å². The fraction of sp³-hybridized carbons (Fsp3) is 0.786. The SMILES string of the molecule is CC1CN(C)CCC1n1cncc1[C@@H]1CCCN1. The van der Waals surface area contributed by atoms with Gasteiger partial charge in [0.15, 0.2) is 0 Å². The molecule has 3 rings (SSSR count). The monoisotopic (exact) mass is 248 g/mol. The number of rotatable bonds is 2. The molecule has 0 spiro atoms. The van der Waals surface area contributed by atoms with E-state index in [2.05, 4.69) is 39.9 Å². The lowest BCUT2D eigenvalue weighted by atomic mass is 9.93. The Morgan fingerprint density at radius 2 is 2.28 bits per heavy atom. The first-order valence-electron chi connectivity index (χ1n) is 7.19. The van der Waals surface area contributed by atoms with Gasteiger partial charge in [-0.15, -0.1) is 0 Å². The predicted molar refractivity (Wildman–Crippen MR) is 72.5 cm³/mol. The highest BCUT2D eigenvalue weighted by Crippen LogP contribution is 2.32. The number of imidazole rings is 1. The Balaban J connectivity index is 1.81. The normalized spacial score (nSPS) is 34.0. The van der Waals surface area contributed by atoms with E-state index in [1.807, 2.05) is 6.33 Å². The maximum Gasteiger partial charge on any atom is 0.0951 e. The van der Waals surface area contributed by atoms with Gasteiger partial charge < -0.3 is 14.8 Å². The van der Waals surface area contributed by atoms with E-state index in [4.69, 9.17) is 0 Å². The second-order valence-electron chi connectivity index (χ2n) is 5.97. The lowest BCUT2D eigenvalue weighted by Gasteiger charge is -2.36. The van der Waals surface area contributed by atoms with Gasteiger partial charge in [-0.25, -0.2) is 4.98 Å². The molecule has 1 aromatic rings. The molecule has 0 radical (unpaired) electrons. The molecular weight excluding hydrogens is 224 g/mol. The molecule has 2 fully saturated rings. The topological polar surface area (TPSA) is 33.1 Å². The van der Waals surface area contributed by atoms with Crippen molar-refractivity contribution in [1.82, 2.24) is 19.8 Å². The van der Waals surface area contributed by atoms with Crippen molar-refractivity contribution in [2.45, 2.75) is 38.3 Å². The van der Waals surface area contributed by atoms with Crippen LogP contribution in [0.1, 0.15) is 44.0 Å². The smallest absolute Gasteiger partial charge is 0.0951 e. The Bertz CT molecular complexity index is 394. The van der Waals surface area contributed by atoms with Crippen LogP contribution in [-0.2, 0) is 0 Å². The first-order valence-corrected chi connectivity index (χ1v) is 7.19. The van der Waals surface area contributed by atoms with Gasteiger partial charge in [0.1, 0.15) is 0 Å². The summed E-state index contributed by atoms with van der Waals surface area (Å²) < 4.78 is 2.45. The van der Waals surface area contributed by atoms with Gasteiger partial charge in [0.05, 0.1) is 12.0 Å². The van der Waals surface area contributed by atoms with Crippen molar-refractivity contribution in [3.8, 4) is 0 Å². The molecule has 2 unspecified atom stereocenters. The molecule has 4 heteroatoms. The number of nitrogens with zero attached hydrogens (tertiary/aromatic N) is 3. The fourth-order valence-electron chi connectivity index (χ4n) is 3.55. The molecule has 4 nitrogen and oxygen atoms in total. The van der Waals surface area contributed by atoms with Crippen LogP contribution in [0.3, 0.4) is 0 Å². The highest BCUT2D eigenvalue weighted by molar-refractivity contribution is 5.09.